The topological polar surface area (TPSA) is 58.6 Å². The van der Waals surface area contributed by atoms with Gasteiger partial charge in [-0.1, -0.05) is 13.3 Å². The summed E-state index contributed by atoms with van der Waals surface area (Å²) in [5.74, 6) is -0.518. The molecular weight excluding hydrogens is 182 g/mol. The summed E-state index contributed by atoms with van der Waals surface area (Å²) in [6, 6.07) is 0. The van der Waals surface area contributed by atoms with Gasteiger partial charge in [0.25, 0.3) is 0 Å². The minimum absolute atomic E-state index is 0.205. The lowest BCUT2D eigenvalue weighted by molar-refractivity contribution is -0.146. The number of carboxylic acid groups (broad SMARTS) is 1. The van der Waals surface area contributed by atoms with Crippen LogP contribution in [0.5, 0.6) is 0 Å². The van der Waals surface area contributed by atoms with Crippen LogP contribution in [0.4, 0.5) is 0 Å². The van der Waals surface area contributed by atoms with Gasteiger partial charge in [-0.05, 0) is 18.8 Å². The Morgan fingerprint density at radius 3 is 2.86 bits per heavy atom. The number of aliphatic carboxylic acids is 1. The van der Waals surface area contributed by atoms with Crippen LogP contribution in [0.3, 0.4) is 0 Å². The third-order valence-electron chi connectivity index (χ3n) is 3.18. The van der Waals surface area contributed by atoms with Crippen LogP contribution in [-0.4, -0.2) is 36.9 Å². The Morgan fingerprint density at radius 1 is 1.71 bits per heavy atom. The van der Waals surface area contributed by atoms with E-state index in [2.05, 4.69) is 5.32 Å². The Labute approximate surface area is 84.6 Å². The standard InChI is InChI=1S/C10H19NO3/c1-8-4-3-5-10(8,9(12)13)11-6-7-14-2/h8,11H,3-7H2,1-2H3,(H,12,13). The summed E-state index contributed by atoms with van der Waals surface area (Å²) in [6.45, 7) is 3.16. The van der Waals surface area contributed by atoms with Gasteiger partial charge in [0.15, 0.2) is 0 Å². The predicted octanol–water partition coefficient (Wildman–Crippen LogP) is 0.866. The molecule has 0 bridgehead atoms. The fourth-order valence-corrected chi connectivity index (χ4v) is 2.21. The minimum Gasteiger partial charge on any atom is -0.480 e. The van der Waals surface area contributed by atoms with E-state index in [0.717, 1.165) is 19.3 Å². The van der Waals surface area contributed by atoms with Crippen LogP contribution in [0.15, 0.2) is 0 Å². The van der Waals surface area contributed by atoms with E-state index >= 15 is 0 Å². The van der Waals surface area contributed by atoms with Crippen LogP contribution >= 0.6 is 0 Å². The van der Waals surface area contributed by atoms with Crippen LogP contribution in [-0.2, 0) is 9.53 Å². The summed E-state index contributed by atoms with van der Waals surface area (Å²) in [6.07, 6.45) is 2.72. The number of carboxylic acids is 1. The fraction of sp³-hybridized carbons (Fsp3) is 0.900. The number of methoxy groups -OCH3 is 1. The number of nitrogens with one attached hydrogen (secondary N) is 1. The molecule has 0 spiro atoms. The molecule has 4 nitrogen and oxygen atoms in total. The van der Waals surface area contributed by atoms with Gasteiger partial charge in [-0.25, -0.2) is 0 Å². The Balaban J connectivity index is 2.58. The molecule has 0 saturated heterocycles. The van der Waals surface area contributed by atoms with Crippen molar-refractivity contribution >= 4 is 5.97 Å². The van der Waals surface area contributed by atoms with E-state index < -0.39 is 11.5 Å². The summed E-state index contributed by atoms with van der Waals surface area (Å²) in [4.78, 5) is 11.2. The first-order chi connectivity index (χ1) is 6.63. The largest absolute Gasteiger partial charge is 0.480 e. The monoisotopic (exact) mass is 201 g/mol. The highest BCUT2D eigenvalue weighted by atomic mass is 16.5. The molecular formula is C10H19NO3. The highest BCUT2D eigenvalue weighted by Crippen LogP contribution is 2.35. The summed E-state index contributed by atoms with van der Waals surface area (Å²) in [7, 11) is 1.62. The molecule has 1 aliphatic carbocycles. The second-order valence-corrected chi connectivity index (χ2v) is 3.99. The Morgan fingerprint density at radius 2 is 2.43 bits per heavy atom. The van der Waals surface area contributed by atoms with Gasteiger partial charge < -0.3 is 9.84 Å². The average molecular weight is 201 g/mol. The molecule has 1 saturated carbocycles. The van der Waals surface area contributed by atoms with Crippen molar-refractivity contribution in [2.45, 2.75) is 31.7 Å². The van der Waals surface area contributed by atoms with Crippen LogP contribution < -0.4 is 5.32 Å². The molecule has 2 atom stereocenters. The van der Waals surface area contributed by atoms with E-state index in [4.69, 9.17) is 4.74 Å². The van der Waals surface area contributed by atoms with Crippen molar-refractivity contribution in [2.75, 3.05) is 20.3 Å². The van der Waals surface area contributed by atoms with Crippen molar-refractivity contribution in [3.63, 3.8) is 0 Å². The van der Waals surface area contributed by atoms with Crippen molar-refractivity contribution in [3.8, 4) is 0 Å². The second-order valence-electron chi connectivity index (χ2n) is 3.99. The van der Waals surface area contributed by atoms with E-state index in [-0.39, 0.29) is 5.92 Å². The molecule has 2 N–H and O–H groups in total. The Kier molecular flexibility index (Phi) is 3.89. The van der Waals surface area contributed by atoms with E-state index in [1.54, 1.807) is 7.11 Å². The molecule has 0 radical (unpaired) electrons. The van der Waals surface area contributed by atoms with Gasteiger partial charge in [-0.15, -0.1) is 0 Å². The van der Waals surface area contributed by atoms with E-state index in [1.807, 2.05) is 6.92 Å². The molecule has 1 aliphatic rings. The lowest BCUT2D eigenvalue weighted by atomic mass is 9.88. The Bertz CT molecular complexity index is 208. The fourth-order valence-electron chi connectivity index (χ4n) is 2.21. The SMILES string of the molecule is COCCNC1(C(=O)O)CCCC1C. The summed E-state index contributed by atoms with van der Waals surface area (Å²) in [5.41, 5.74) is -0.710. The number of ether oxygens (including phenoxy) is 1. The van der Waals surface area contributed by atoms with Crippen molar-refractivity contribution in [1.29, 1.82) is 0 Å². The summed E-state index contributed by atoms with van der Waals surface area (Å²) < 4.78 is 4.91. The molecule has 0 aromatic carbocycles. The lowest BCUT2D eigenvalue weighted by Gasteiger charge is -2.30. The van der Waals surface area contributed by atoms with Crippen LogP contribution in [0.2, 0.25) is 0 Å². The number of rotatable bonds is 5. The van der Waals surface area contributed by atoms with Crippen LogP contribution in [0.1, 0.15) is 26.2 Å². The third-order valence-corrected chi connectivity index (χ3v) is 3.18. The molecule has 1 rings (SSSR count). The summed E-state index contributed by atoms with van der Waals surface area (Å²) in [5, 5.41) is 12.4. The smallest absolute Gasteiger partial charge is 0.324 e. The highest BCUT2D eigenvalue weighted by molar-refractivity contribution is 5.79. The number of hydrogen-bond acceptors (Lipinski definition) is 3. The average Bonchev–Trinajstić information content (AvgIpc) is 2.49. The van der Waals surface area contributed by atoms with E-state index in [0.29, 0.717) is 13.2 Å². The predicted molar refractivity (Wildman–Crippen MR) is 53.3 cm³/mol. The zero-order valence-corrected chi connectivity index (χ0v) is 8.88. The molecule has 0 aliphatic heterocycles. The normalized spacial score (nSPS) is 32.0. The third kappa shape index (κ3) is 2.07. The number of hydrogen-bond donors (Lipinski definition) is 2. The zero-order valence-electron chi connectivity index (χ0n) is 8.88. The summed E-state index contributed by atoms with van der Waals surface area (Å²) >= 11 is 0. The minimum atomic E-state index is -0.724. The molecule has 82 valence electrons. The van der Waals surface area contributed by atoms with Crippen LogP contribution in [0.25, 0.3) is 0 Å². The van der Waals surface area contributed by atoms with Gasteiger partial charge in [0.2, 0.25) is 0 Å². The van der Waals surface area contributed by atoms with Crippen molar-refractivity contribution in [2.24, 2.45) is 5.92 Å². The first-order valence-electron chi connectivity index (χ1n) is 5.11. The van der Waals surface area contributed by atoms with Gasteiger partial charge in [-0.2, -0.15) is 0 Å². The van der Waals surface area contributed by atoms with Gasteiger partial charge >= 0.3 is 5.97 Å². The van der Waals surface area contributed by atoms with Crippen molar-refractivity contribution in [3.05, 3.63) is 0 Å². The first kappa shape index (κ1) is 11.5. The van der Waals surface area contributed by atoms with Crippen LogP contribution in [0, 0.1) is 5.92 Å². The molecule has 0 heterocycles. The van der Waals surface area contributed by atoms with Gasteiger partial charge in [0, 0.05) is 13.7 Å². The first-order valence-corrected chi connectivity index (χ1v) is 5.11. The molecule has 4 heteroatoms. The maximum absolute atomic E-state index is 11.2. The lowest BCUT2D eigenvalue weighted by Crippen LogP contribution is -2.54. The quantitative estimate of drug-likeness (QED) is 0.648. The van der Waals surface area contributed by atoms with Gasteiger partial charge in [0.05, 0.1) is 6.61 Å². The van der Waals surface area contributed by atoms with Gasteiger partial charge in [-0.3, -0.25) is 10.1 Å². The molecule has 1 fully saturated rings. The maximum atomic E-state index is 11.2. The molecule has 0 aromatic rings. The van der Waals surface area contributed by atoms with E-state index in [9.17, 15) is 9.90 Å². The van der Waals surface area contributed by atoms with E-state index in [1.165, 1.54) is 0 Å². The van der Waals surface area contributed by atoms with Gasteiger partial charge in [0.1, 0.15) is 5.54 Å². The van der Waals surface area contributed by atoms with Crippen molar-refractivity contribution in [1.82, 2.24) is 5.32 Å². The number of carbonyl (C=O) groups is 1. The maximum Gasteiger partial charge on any atom is 0.324 e. The molecule has 14 heavy (non-hydrogen) atoms. The molecule has 0 aromatic heterocycles. The van der Waals surface area contributed by atoms with Crippen molar-refractivity contribution < 1.29 is 14.6 Å². The Hall–Kier alpha value is -0.610. The second kappa shape index (κ2) is 4.75. The highest BCUT2D eigenvalue weighted by Gasteiger charge is 2.46. The molecule has 2 unspecified atom stereocenters. The zero-order chi connectivity index (χ0) is 10.6. The molecule has 0 amide bonds.